The zero-order valence-electron chi connectivity index (χ0n) is 17.2. The molecule has 1 fully saturated rings. The molecule has 1 rings (SSSR count). The first-order valence-corrected chi connectivity index (χ1v) is 10.9. The average Bonchev–Trinajstić information content (AvgIpc) is 2.46. The fourth-order valence-electron chi connectivity index (χ4n) is 2.99. The molecular formula is C17H37IN4O3S. The molecule has 9 heteroatoms. The molecule has 0 saturated heterocycles. The van der Waals surface area contributed by atoms with Crippen molar-refractivity contribution in [3.05, 3.63) is 0 Å². The van der Waals surface area contributed by atoms with Gasteiger partial charge in [0.05, 0.1) is 12.4 Å². The molecule has 0 spiro atoms. The van der Waals surface area contributed by atoms with Crippen LogP contribution in [0.5, 0.6) is 0 Å². The quantitative estimate of drug-likeness (QED) is 0.194. The third-order valence-corrected chi connectivity index (χ3v) is 5.61. The van der Waals surface area contributed by atoms with E-state index in [2.05, 4.69) is 41.1 Å². The Kier molecular flexibility index (Phi) is 10.4. The van der Waals surface area contributed by atoms with E-state index < -0.39 is 15.6 Å². The van der Waals surface area contributed by atoms with Gasteiger partial charge in [-0.15, -0.1) is 24.0 Å². The van der Waals surface area contributed by atoms with Crippen LogP contribution in [-0.4, -0.2) is 58.5 Å². The van der Waals surface area contributed by atoms with Gasteiger partial charge >= 0.3 is 0 Å². The molecular weight excluding hydrogens is 467 g/mol. The number of halogens is 1. The summed E-state index contributed by atoms with van der Waals surface area (Å²) < 4.78 is 31.4. The van der Waals surface area contributed by atoms with Gasteiger partial charge in [0.15, 0.2) is 5.96 Å². The van der Waals surface area contributed by atoms with Crippen LogP contribution in [-0.2, 0) is 14.8 Å². The monoisotopic (exact) mass is 504 g/mol. The van der Waals surface area contributed by atoms with Crippen molar-refractivity contribution in [2.45, 2.75) is 71.6 Å². The van der Waals surface area contributed by atoms with Gasteiger partial charge in [-0.1, -0.05) is 27.2 Å². The number of hydrogen-bond donors (Lipinski definition) is 3. The molecule has 0 radical (unpaired) electrons. The van der Waals surface area contributed by atoms with Gasteiger partial charge in [-0.3, -0.25) is 4.99 Å². The Morgan fingerprint density at radius 1 is 1.35 bits per heavy atom. The van der Waals surface area contributed by atoms with Gasteiger partial charge in [-0.25, -0.2) is 13.1 Å². The summed E-state index contributed by atoms with van der Waals surface area (Å²) in [6.07, 6.45) is 4.61. The van der Waals surface area contributed by atoms with Crippen molar-refractivity contribution in [1.82, 2.24) is 15.4 Å². The van der Waals surface area contributed by atoms with Crippen molar-refractivity contribution < 1.29 is 13.2 Å². The Hall–Kier alpha value is -0.130. The third kappa shape index (κ3) is 8.26. The van der Waals surface area contributed by atoms with Gasteiger partial charge in [0.25, 0.3) is 0 Å². The second kappa shape index (κ2) is 10.4. The topological polar surface area (TPSA) is 91.8 Å². The van der Waals surface area contributed by atoms with Crippen LogP contribution in [0.15, 0.2) is 4.99 Å². The second-order valence-corrected chi connectivity index (χ2v) is 9.90. The molecule has 0 heterocycles. The zero-order chi connectivity index (χ0) is 19.3. The summed E-state index contributed by atoms with van der Waals surface area (Å²) in [5.74, 6) is 0.674. The second-order valence-electron chi connectivity index (χ2n) is 8.15. The SMILES string of the molecule is CCCCOC1CC(NC(=NC)NCC(C)(C)NS(C)(=O)=O)C1(C)C.I. The largest absolute Gasteiger partial charge is 0.378 e. The Labute approximate surface area is 176 Å². The number of unbranched alkanes of at least 4 members (excludes halogenated alkanes) is 1. The van der Waals surface area contributed by atoms with Gasteiger partial charge in [0.2, 0.25) is 10.0 Å². The predicted octanol–water partition coefficient (Wildman–Crippen LogP) is 2.08. The Morgan fingerprint density at radius 2 is 1.96 bits per heavy atom. The summed E-state index contributed by atoms with van der Waals surface area (Å²) in [6, 6.07) is 0.274. The normalized spacial score (nSPS) is 23.0. The van der Waals surface area contributed by atoms with E-state index in [1.54, 1.807) is 7.05 Å². The number of ether oxygens (including phenoxy) is 1. The zero-order valence-corrected chi connectivity index (χ0v) is 20.3. The average molecular weight is 504 g/mol. The van der Waals surface area contributed by atoms with Crippen molar-refractivity contribution in [2.75, 3.05) is 26.5 Å². The van der Waals surface area contributed by atoms with Gasteiger partial charge in [-0.05, 0) is 26.7 Å². The maximum Gasteiger partial charge on any atom is 0.209 e. The smallest absolute Gasteiger partial charge is 0.209 e. The minimum absolute atomic E-state index is 0. The molecule has 26 heavy (non-hydrogen) atoms. The van der Waals surface area contributed by atoms with E-state index in [-0.39, 0.29) is 41.5 Å². The lowest BCUT2D eigenvalue weighted by Gasteiger charge is -2.52. The van der Waals surface area contributed by atoms with Crippen LogP contribution in [0.2, 0.25) is 0 Å². The number of nitrogens with one attached hydrogen (secondary N) is 3. The summed E-state index contributed by atoms with van der Waals surface area (Å²) in [4.78, 5) is 4.25. The van der Waals surface area contributed by atoms with Crippen LogP contribution in [0.1, 0.15) is 53.9 Å². The van der Waals surface area contributed by atoms with E-state index in [9.17, 15) is 8.42 Å². The van der Waals surface area contributed by atoms with Crippen LogP contribution >= 0.6 is 24.0 Å². The highest BCUT2D eigenvalue weighted by Crippen LogP contribution is 2.42. The molecule has 0 aliphatic heterocycles. The molecule has 1 saturated carbocycles. The molecule has 0 aromatic rings. The molecule has 0 aromatic heterocycles. The first-order valence-electron chi connectivity index (χ1n) is 8.99. The van der Waals surface area contributed by atoms with E-state index in [0.717, 1.165) is 32.1 Å². The highest BCUT2D eigenvalue weighted by molar-refractivity contribution is 14.0. The lowest BCUT2D eigenvalue weighted by molar-refractivity contribution is -0.113. The van der Waals surface area contributed by atoms with Gasteiger partial charge in [0, 0.05) is 37.2 Å². The fourth-order valence-corrected chi connectivity index (χ4v) is 4.06. The van der Waals surface area contributed by atoms with Crippen molar-refractivity contribution in [3.63, 3.8) is 0 Å². The summed E-state index contributed by atoms with van der Waals surface area (Å²) in [5.41, 5.74) is -0.571. The molecule has 2 unspecified atom stereocenters. The van der Waals surface area contributed by atoms with Crippen LogP contribution in [0.25, 0.3) is 0 Å². The maximum atomic E-state index is 11.4. The molecule has 3 N–H and O–H groups in total. The molecule has 1 aliphatic carbocycles. The molecule has 2 atom stereocenters. The van der Waals surface area contributed by atoms with Crippen LogP contribution < -0.4 is 15.4 Å². The van der Waals surface area contributed by atoms with E-state index >= 15 is 0 Å². The van der Waals surface area contributed by atoms with Crippen molar-refractivity contribution in [3.8, 4) is 0 Å². The Balaban J connectivity index is 0.00000625. The Bertz CT molecular complexity index is 564. The highest BCUT2D eigenvalue weighted by Gasteiger charge is 2.49. The molecule has 0 aromatic carbocycles. The van der Waals surface area contributed by atoms with Crippen LogP contribution in [0, 0.1) is 5.41 Å². The molecule has 0 amide bonds. The molecule has 0 bridgehead atoms. The maximum absolute atomic E-state index is 11.4. The number of guanidine groups is 1. The molecule has 1 aliphatic rings. The van der Waals surface area contributed by atoms with Crippen molar-refractivity contribution >= 4 is 40.0 Å². The van der Waals surface area contributed by atoms with E-state index in [4.69, 9.17) is 4.74 Å². The minimum atomic E-state index is -3.26. The first-order chi connectivity index (χ1) is 11.4. The lowest BCUT2D eigenvalue weighted by atomic mass is 9.64. The molecule has 7 nitrogen and oxygen atoms in total. The summed E-state index contributed by atoms with van der Waals surface area (Å²) in [5, 5.41) is 6.64. The van der Waals surface area contributed by atoms with E-state index in [0.29, 0.717) is 12.5 Å². The molecule has 156 valence electrons. The number of rotatable bonds is 9. The van der Waals surface area contributed by atoms with E-state index in [1.165, 1.54) is 0 Å². The summed E-state index contributed by atoms with van der Waals surface area (Å²) >= 11 is 0. The van der Waals surface area contributed by atoms with Crippen molar-refractivity contribution in [1.29, 1.82) is 0 Å². The third-order valence-electron chi connectivity index (χ3n) is 4.69. The number of sulfonamides is 1. The number of hydrogen-bond acceptors (Lipinski definition) is 4. The van der Waals surface area contributed by atoms with Gasteiger partial charge in [-0.2, -0.15) is 0 Å². The van der Waals surface area contributed by atoms with Crippen LogP contribution in [0.4, 0.5) is 0 Å². The standard InChI is InChI=1S/C17H36N4O3S.HI/c1-8-9-10-24-14-11-13(17(14,4)5)20-15(18-6)19-12-16(2,3)21-25(7,22)23;/h13-14,21H,8-12H2,1-7H3,(H2,18,19,20);1H. The summed E-state index contributed by atoms with van der Waals surface area (Å²) in [6.45, 7) is 11.5. The number of nitrogens with zero attached hydrogens (tertiary/aromatic N) is 1. The lowest BCUT2D eigenvalue weighted by Crippen LogP contribution is -2.64. The van der Waals surface area contributed by atoms with Crippen molar-refractivity contribution in [2.24, 2.45) is 10.4 Å². The fraction of sp³-hybridized carbons (Fsp3) is 0.941. The van der Waals surface area contributed by atoms with Gasteiger partial charge in [0.1, 0.15) is 0 Å². The number of aliphatic imine (C=N–C) groups is 1. The van der Waals surface area contributed by atoms with E-state index in [1.807, 2.05) is 13.8 Å². The summed E-state index contributed by atoms with van der Waals surface area (Å²) in [7, 11) is -1.54. The highest BCUT2D eigenvalue weighted by atomic mass is 127. The van der Waals surface area contributed by atoms with Gasteiger partial charge < -0.3 is 15.4 Å². The predicted molar refractivity (Wildman–Crippen MR) is 119 cm³/mol. The first kappa shape index (κ1) is 25.9. The van der Waals surface area contributed by atoms with Crippen LogP contribution in [0.3, 0.4) is 0 Å². The minimum Gasteiger partial charge on any atom is -0.378 e. The Morgan fingerprint density at radius 3 is 2.42 bits per heavy atom.